The van der Waals surface area contributed by atoms with Gasteiger partial charge < -0.3 is 9.15 Å². The van der Waals surface area contributed by atoms with Gasteiger partial charge in [0.25, 0.3) is 0 Å². The van der Waals surface area contributed by atoms with Gasteiger partial charge in [-0.1, -0.05) is 60.7 Å². The van der Waals surface area contributed by atoms with Crippen molar-refractivity contribution in [2.24, 2.45) is 0 Å². The molecule has 1 aromatic heterocycles. The maximum absolute atomic E-state index is 13.3. The van der Waals surface area contributed by atoms with E-state index < -0.39 is 11.7 Å². The summed E-state index contributed by atoms with van der Waals surface area (Å²) in [6.45, 7) is 1.88. The zero-order valence-corrected chi connectivity index (χ0v) is 18.0. The average Bonchev–Trinajstić information content (AvgIpc) is 2.83. The van der Waals surface area contributed by atoms with Crippen LogP contribution in [0.1, 0.15) is 31.2 Å². The lowest BCUT2D eigenvalue weighted by molar-refractivity contribution is -0.127. The topological polar surface area (TPSA) is 56.5 Å². The minimum Gasteiger partial charge on any atom is -0.482 e. The molecule has 0 spiro atoms. The van der Waals surface area contributed by atoms with Crippen molar-refractivity contribution in [3.8, 4) is 28.0 Å². The number of carbonyl (C=O) groups is 1. The van der Waals surface area contributed by atoms with E-state index in [-0.39, 0.29) is 5.78 Å². The first-order valence-electron chi connectivity index (χ1n) is 11.0. The maximum Gasteiger partial charge on any atom is 0.344 e. The Kier molecular flexibility index (Phi) is 5.36. The molecule has 4 aromatic rings. The zero-order valence-electron chi connectivity index (χ0n) is 18.0. The lowest BCUT2D eigenvalue weighted by atomic mass is 9.92. The first-order chi connectivity index (χ1) is 15.6. The van der Waals surface area contributed by atoms with E-state index in [1.165, 1.54) is 0 Å². The number of hydrogen-bond donors (Lipinski definition) is 0. The third-order valence-corrected chi connectivity index (χ3v) is 6.17. The van der Waals surface area contributed by atoms with Crippen LogP contribution in [0.4, 0.5) is 0 Å². The van der Waals surface area contributed by atoms with Crippen molar-refractivity contribution in [3.05, 3.63) is 88.8 Å². The van der Waals surface area contributed by atoms with Gasteiger partial charge in [0.1, 0.15) is 11.3 Å². The van der Waals surface area contributed by atoms with Gasteiger partial charge >= 0.3 is 5.63 Å². The molecule has 4 nitrogen and oxygen atoms in total. The smallest absolute Gasteiger partial charge is 0.344 e. The van der Waals surface area contributed by atoms with Gasteiger partial charge in [-0.15, -0.1) is 0 Å². The zero-order chi connectivity index (χ0) is 22.1. The molecule has 1 fully saturated rings. The second-order valence-corrected chi connectivity index (χ2v) is 8.26. The van der Waals surface area contributed by atoms with Gasteiger partial charge in [0, 0.05) is 22.9 Å². The van der Waals surface area contributed by atoms with Crippen LogP contribution in [-0.4, -0.2) is 11.9 Å². The molecule has 3 aromatic carbocycles. The molecule has 5 rings (SSSR count). The minimum atomic E-state index is -0.427. The van der Waals surface area contributed by atoms with Crippen LogP contribution in [0.15, 0.2) is 82.0 Å². The summed E-state index contributed by atoms with van der Waals surface area (Å²) in [5.41, 5.74) is 3.97. The van der Waals surface area contributed by atoms with E-state index in [4.69, 9.17) is 9.15 Å². The van der Waals surface area contributed by atoms with Crippen molar-refractivity contribution in [2.75, 3.05) is 0 Å². The molecule has 0 amide bonds. The molecule has 0 saturated heterocycles. The Morgan fingerprint density at radius 2 is 1.47 bits per heavy atom. The molecular weight excluding hydrogens is 400 g/mol. The van der Waals surface area contributed by atoms with Gasteiger partial charge in [0.15, 0.2) is 11.9 Å². The van der Waals surface area contributed by atoms with E-state index in [0.29, 0.717) is 23.3 Å². The van der Waals surface area contributed by atoms with Gasteiger partial charge in [0.2, 0.25) is 0 Å². The van der Waals surface area contributed by atoms with Crippen molar-refractivity contribution in [1.29, 1.82) is 0 Å². The summed E-state index contributed by atoms with van der Waals surface area (Å²) in [6, 6.07) is 23.3. The monoisotopic (exact) mass is 424 g/mol. The second kappa shape index (κ2) is 8.46. The molecule has 1 aliphatic rings. The van der Waals surface area contributed by atoms with Crippen molar-refractivity contribution in [3.63, 3.8) is 0 Å². The van der Waals surface area contributed by atoms with Gasteiger partial charge in [0.05, 0.1) is 5.56 Å². The molecule has 0 N–H and O–H groups in total. The Morgan fingerprint density at radius 1 is 0.812 bits per heavy atom. The first kappa shape index (κ1) is 20.3. The highest BCUT2D eigenvalue weighted by atomic mass is 16.5. The van der Waals surface area contributed by atoms with Crippen LogP contribution in [0.3, 0.4) is 0 Å². The number of carbonyl (C=O) groups excluding carboxylic acids is 1. The van der Waals surface area contributed by atoms with Gasteiger partial charge in [-0.25, -0.2) is 4.79 Å². The maximum atomic E-state index is 13.3. The molecule has 0 bridgehead atoms. The summed E-state index contributed by atoms with van der Waals surface area (Å²) in [5.74, 6) is 0.731. The molecule has 160 valence electrons. The molecule has 0 radical (unpaired) electrons. The summed E-state index contributed by atoms with van der Waals surface area (Å²) >= 11 is 0. The van der Waals surface area contributed by atoms with Gasteiger partial charge in [-0.05, 0) is 49.4 Å². The van der Waals surface area contributed by atoms with Crippen molar-refractivity contribution in [2.45, 2.75) is 38.7 Å². The Morgan fingerprint density at radius 3 is 2.12 bits per heavy atom. The third kappa shape index (κ3) is 3.62. The number of Topliss-reactive ketones (excluding diaryl/α,β-unsaturated/α-hetero) is 1. The highest BCUT2D eigenvalue weighted by Gasteiger charge is 2.26. The highest BCUT2D eigenvalue weighted by Crippen LogP contribution is 2.39. The van der Waals surface area contributed by atoms with E-state index in [0.717, 1.165) is 46.9 Å². The van der Waals surface area contributed by atoms with Crippen molar-refractivity contribution >= 4 is 16.8 Å². The summed E-state index contributed by atoms with van der Waals surface area (Å²) in [5, 5.41) is 0.842. The van der Waals surface area contributed by atoms with E-state index in [1.54, 1.807) is 0 Å². The normalized spacial score (nSPS) is 16.3. The fourth-order valence-corrected chi connectivity index (χ4v) is 4.51. The predicted octanol–water partition coefficient (Wildman–Crippen LogP) is 6.33. The molecular formula is C28H24O4. The van der Waals surface area contributed by atoms with Gasteiger partial charge in [-0.2, -0.15) is 0 Å². The van der Waals surface area contributed by atoms with E-state index in [1.807, 2.05) is 79.7 Å². The highest BCUT2D eigenvalue weighted by molar-refractivity contribution is 6.02. The first-order valence-corrected chi connectivity index (χ1v) is 11.0. The predicted molar refractivity (Wildman–Crippen MR) is 126 cm³/mol. The average molecular weight is 424 g/mol. The lowest BCUT2D eigenvalue weighted by Gasteiger charge is -2.23. The van der Waals surface area contributed by atoms with Crippen LogP contribution < -0.4 is 10.4 Å². The third-order valence-electron chi connectivity index (χ3n) is 6.17. The van der Waals surface area contributed by atoms with Gasteiger partial charge in [-0.3, -0.25) is 4.79 Å². The summed E-state index contributed by atoms with van der Waals surface area (Å²) in [6.07, 6.45) is 2.76. The molecule has 1 unspecified atom stereocenters. The molecule has 1 aliphatic carbocycles. The number of rotatable bonds is 4. The molecule has 0 aliphatic heterocycles. The molecule has 1 heterocycles. The fraction of sp³-hybridized carbons (Fsp3) is 0.214. The SMILES string of the molecule is Cc1c(OC2CCCCC2=O)ccc2c(-c3ccccc3)c(-c3ccccc3)c(=O)oc12. The van der Waals surface area contributed by atoms with Crippen LogP contribution in [-0.2, 0) is 4.79 Å². The van der Waals surface area contributed by atoms with Crippen LogP contribution in [0.2, 0.25) is 0 Å². The molecule has 1 saturated carbocycles. The second-order valence-electron chi connectivity index (χ2n) is 8.26. The standard InChI is InChI=1S/C28H24O4/c1-18-23(31-24-15-9-8-14-22(24)29)17-16-21-25(19-10-4-2-5-11-19)26(28(30)32-27(18)21)20-12-6-3-7-13-20/h2-7,10-13,16-17,24H,8-9,14-15H2,1H3. The Balaban J connectivity index is 1.73. The lowest BCUT2D eigenvalue weighted by Crippen LogP contribution is -2.30. The Labute approximate surface area is 186 Å². The quantitative estimate of drug-likeness (QED) is 0.359. The van der Waals surface area contributed by atoms with Crippen LogP contribution in [0, 0.1) is 6.92 Å². The Bertz CT molecular complexity index is 1340. The van der Waals surface area contributed by atoms with Crippen LogP contribution in [0.5, 0.6) is 5.75 Å². The van der Waals surface area contributed by atoms with E-state index in [9.17, 15) is 9.59 Å². The van der Waals surface area contributed by atoms with E-state index in [2.05, 4.69) is 0 Å². The van der Waals surface area contributed by atoms with Crippen LogP contribution in [0.25, 0.3) is 33.2 Å². The Hall–Kier alpha value is -3.66. The van der Waals surface area contributed by atoms with Crippen molar-refractivity contribution in [1.82, 2.24) is 0 Å². The largest absolute Gasteiger partial charge is 0.482 e. The molecule has 4 heteroatoms. The number of benzene rings is 3. The summed E-state index contributed by atoms with van der Waals surface area (Å²) in [7, 11) is 0. The fourth-order valence-electron chi connectivity index (χ4n) is 4.51. The summed E-state index contributed by atoms with van der Waals surface area (Å²) < 4.78 is 12.0. The summed E-state index contributed by atoms with van der Waals surface area (Å²) in [4.78, 5) is 25.5. The van der Waals surface area contributed by atoms with Crippen LogP contribution >= 0.6 is 0 Å². The molecule has 1 atom stereocenters. The number of fused-ring (bicyclic) bond motifs is 1. The number of hydrogen-bond acceptors (Lipinski definition) is 4. The molecule has 32 heavy (non-hydrogen) atoms. The number of aryl methyl sites for hydroxylation is 1. The van der Waals surface area contributed by atoms with Crippen molar-refractivity contribution < 1.29 is 13.9 Å². The number of ether oxygens (including phenoxy) is 1. The van der Waals surface area contributed by atoms with E-state index >= 15 is 0 Å². The minimum absolute atomic E-state index is 0.140. The number of ketones is 1.